The summed E-state index contributed by atoms with van der Waals surface area (Å²) < 4.78 is 41.1. The standard InChI is InChI=1S/C11H9F3O3/c12-11(13,14)9(10(15)16)7-17-6-8-4-2-1-3-5-8/h1-5,7H,6H2,(H,15,16)/b9-7-. The van der Waals surface area contributed by atoms with E-state index in [9.17, 15) is 18.0 Å². The average molecular weight is 246 g/mol. The molecule has 0 heterocycles. The molecule has 0 fully saturated rings. The predicted octanol–water partition coefficient (Wildman–Crippen LogP) is 2.73. The molecule has 1 aromatic rings. The summed E-state index contributed by atoms with van der Waals surface area (Å²) in [4.78, 5) is 10.3. The fourth-order valence-electron chi connectivity index (χ4n) is 1.03. The van der Waals surface area contributed by atoms with Gasteiger partial charge in [-0.05, 0) is 5.56 Å². The number of rotatable bonds is 4. The van der Waals surface area contributed by atoms with Crippen LogP contribution in [0, 0.1) is 0 Å². The molecule has 0 saturated heterocycles. The number of alkyl halides is 3. The van der Waals surface area contributed by atoms with Crippen LogP contribution < -0.4 is 0 Å². The van der Waals surface area contributed by atoms with E-state index in [1.54, 1.807) is 30.3 Å². The van der Waals surface area contributed by atoms with Crippen LogP contribution in [0.3, 0.4) is 0 Å². The maximum atomic E-state index is 12.2. The fourth-order valence-corrected chi connectivity index (χ4v) is 1.03. The second-order valence-corrected chi connectivity index (χ2v) is 3.13. The van der Waals surface area contributed by atoms with Gasteiger partial charge in [0.15, 0.2) is 5.57 Å². The van der Waals surface area contributed by atoms with E-state index in [0.29, 0.717) is 5.56 Å². The van der Waals surface area contributed by atoms with Crippen LogP contribution in [-0.2, 0) is 16.1 Å². The van der Waals surface area contributed by atoms with Crippen LogP contribution in [-0.4, -0.2) is 17.3 Å². The summed E-state index contributed by atoms with van der Waals surface area (Å²) in [5, 5.41) is 8.34. The Hall–Kier alpha value is -1.98. The first-order chi connectivity index (χ1) is 7.91. The highest BCUT2D eigenvalue weighted by Crippen LogP contribution is 2.25. The Morgan fingerprint density at radius 3 is 2.35 bits per heavy atom. The van der Waals surface area contributed by atoms with E-state index in [-0.39, 0.29) is 12.9 Å². The van der Waals surface area contributed by atoms with Gasteiger partial charge in [0, 0.05) is 0 Å². The Morgan fingerprint density at radius 1 is 1.29 bits per heavy atom. The van der Waals surface area contributed by atoms with E-state index in [1.807, 2.05) is 0 Å². The van der Waals surface area contributed by atoms with Gasteiger partial charge in [-0.3, -0.25) is 0 Å². The van der Waals surface area contributed by atoms with E-state index >= 15 is 0 Å². The van der Waals surface area contributed by atoms with Gasteiger partial charge in [-0.25, -0.2) is 4.79 Å². The summed E-state index contributed by atoms with van der Waals surface area (Å²) in [6, 6.07) is 8.45. The van der Waals surface area contributed by atoms with Crippen molar-refractivity contribution in [3.63, 3.8) is 0 Å². The van der Waals surface area contributed by atoms with Gasteiger partial charge in [0.05, 0.1) is 0 Å². The smallest absolute Gasteiger partial charge is 0.426 e. The Kier molecular flexibility index (Phi) is 4.14. The van der Waals surface area contributed by atoms with Crippen molar-refractivity contribution in [2.24, 2.45) is 0 Å². The maximum Gasteiger partial charge on any atom is 0.426 e. The molecule has 0 bridgehead atoms. The zero-order valence-corrected chi connectivity index (χ0v) is 8.57. The van der Waals surface area contributed by atoms with Crippen molar-refractivity contribution in [3.8, 4) is 0 Å². The highest BCUT2D eigenvalue weighted by Gasteiger charge is 2.39. The molecular weight excluding hydrogens is 237 g/mol. The molecule has 0 aliphatic rings. The highest BCUT2D eigenvalue weighted by atomic mass is 19.4. The van der Waals surface area contributed by atoms with Crippen molar-refractivity contribution in [1.29, 1.82) is 0 Å². The zero-order chi connectivity index (χ0) is 12.9. The fraction of sp³-hybridized carbons (Fsp3) is 0.182. The molecule has 1 rings (SSSR count). The van der Waals surface area contributed by atoms with E-state index in [0.717, 1.165) is 0 Å². The van der Waals surface area contributed by atoms with Crippen molar-refractivity contribution in [2.75, 3.05) is 0 Å². The van der Waals surface area contributed by atoms with Crippen LogP contribution in [0.1, 0.15) is 5.56 Å². The molecule has 0 aliphatic carbocycles. The number of hydrogen-bond acceptors (Lipinski definition) is 2. The van der Waals surface area contributed by atoms with Crippen molar-refractivity contribution in [3.05, 3.63) is 47.7 Å². The molecule has 6 heteroatoms. The van der Waals surface area contributed by atoms with Crippen LogP contribution in [0.4, 0.5) is 13.2 Å². The summed E-state index contributed by atoms with van der Waals surface area (Å²) >= 11 is 0. The second-order valence-electron chi connectivity index (χ2n) is 3.13. The third-order valence-corrected chi connectivity index (χ3v) is 1.83. The van der Waals surface area contributed by atoms with Gasteiger partial charge in [-0.15, -0.1) is 0 Å². The number of hydrogen-bond donors (Lipinski definition) is 1. The van der Waals surface area contributed by atoms with Crippen molar-refractivity contribution < 1.29 is 27.8 Å². The van der Waals surface area contributed by atoms with Crippen molar-refractivity contribution in [2.45, 2.75) is 12.8 Å². The molecule has 0 amide bonds. The van der Waals surface area contributed by atoms with Gasteiger partial charge in [-0.2, -0.15) is 13.2 Å². The Morgan fingerprint density at radius 2 is 1.88 bits per heavy atom. The van der Waals surface area contributed by atoms with Gasteiger partial charge in [-0.1, -0.05) is 30.3 Å². The topological polar surface area (TPSA) is 46.5 Å². The normalized spacial score (nSPS) is 12.3. The lowest BCUT2D eigenvalue weighted by Gasteiger charge is -2.07. The lowest BCUT2D eigenvalue weighted by Crippen LogP contribution is -2.20. The molecular formula is C11H9F3O3. The quantitative estimate of drug-likeness (QED) is 0.656. The average Bonchev–Trinajstić information content (AvgIpc) is 2.23. The van der Waals surface area contributed by atoms with Crippen molar-refractivity contribution >= 4 is 5.97 Å². The van der Waals surface area contributed by atoms with Crippen LogP contribution in [0.5, 0.6) is 0 Å². The number of ether oxygens (including phenoxy) is 1. The van der Waals surface area contributed by atoms with E-state index in [2.05, 4.69) is 4.74 Å². The Balaban J connectivity index is 2.66. The molecule has 1 aromatic carbocycles. The molecule has 17 heavy (non-hydrogen) atoms. The second kappa shape index (κ2) is 5.38. The van der Waals surface area contributed by atoms with Crippen molar-refractivity contribution in [1.82, 2.24) is 0 Å². The largest absolute Gasteiger partial charge is 0.496 e. The summed E-state index contributed by atoms with van der Waals surface area (Å²) in [5.41, 5.74) is -1.08. The van der Waals surface area contributed by atoms with Gasteiger partial charge in [0.25, 0.3) is 0 Å². The molecule has 0 atom stereocenters. The summed E-state index contributed by atoms with van der Waals surface area (Å²) in [6.07, 6.45) is -4.71. The van der Waals surface area contributed by atoms with Gasteiger partial charge in [0.1, 0.15) is 12.9 Å². The van der Waals surface area contributed by atoms with E-state index < -0.39 is 17.7 Å². The zero-order valence-electron chi connectivity index (χ0n) is 8.57. The van der Waals surface area contributed by atoms with Gasteiger partial charge >= 0.3 is 12.1 Å². The summed E-state index contributed by atoms with van der Waals surface area (Å²) in [7, 11) is 0. The Bertz CT molecular complexity index is 410. The molecule has 0 saturated carbocycles. The summed E-state index contributed by atoms with van der Waals surface area (Å²) in [6.45, 7) is -0.117. The monoisotopic (exact) mass is 246 g/mol. The molecule has 0 spiro atoms. The van der Waals surface area contributed by atoms with E-state index in [1.165, 1.54) is 0 Å². The number of carboxylic acid groups (broad SMARTS) is 1. The molecule has 0 aliphatic heterocycles. The number of benzene rings is 1. The minimum Gasteiger partial charge on any atom is -0.496 e. The molecule has 0 aromatic heterocycles. The van der Waals surface area contributed by atoms with Crippen LogP contribution in [0.15, 0.2) is 42.2 Å². The molecule has 3 nitrogen and oxygen atoms in total. The third kappa shape index (κ3) is 4.18. The molecule has 0 unspecified atom stereocenters. The van der Waals surface area contributed by atoms with Crippen LogP contribution in [0.2, 0.25) is 0 Å². The minimum atomic E-state index is -4.93. The predicted molar refractivity (Wildman–Crippen MR) is 53.0 cm³/mol. The lowest BCUT2D eigenvalue weighted by atomic mass is 10.2. The first kappa shape index (κ1) is 13.1. The number of carboxylic acids is 1. The number of halogens is 3. The highest BCUT2D eigenvalue weighted by molar-refractivity contribution is 5.87. The third-order valence-electron chi connectivity index (χ3n) is 1.83. The Labute approximate surface area is 95.1 Å². The van der Waals surface area contributed by atoms with E-state index in [4.69, 9.17) is 5.11 Å². The van der Waals surface area contributed by atoms with Gasteiger partial charge < -0.3 is 9.84 Å². The van der Waals surface area contributed by atoms with Crippen LogP contribution in [0.25, 0.3) is 0 Å². The molecule has 92 valence electrons. The SMILES string of the molecule is O=C(O)/C(=C/OCc1ccccc1)C(F)(F)F. The number of aliphatic carboxylic acids is 1. The molecule has 1 N–H and O–H groups in total. The van der Waals surface area contributed by atoms with Crippen LogP contribution >= 0.6 is 0 Å². The first-order valence-electron chi connectivity index (χ1n) is 4.57. The minimum absolute atomic E-state index is 0.117. The molecule has 0 radical (unpaired) electrons. The number of carbonyl (C=O) groups is 1. The lowest BCUT2D eigenvalue weighted by molar-refractivity contribution is -0.145. The van der Waals surface area contributed by atoms with Gasteiger partial charge in [0.2, 0.25) is 0 Å². The maximum absolute atomic E-state index is 12.2. The summed E-state index contributed by atoms with van der Waals surface area (Å²) in [5.74, 6) is -2.06. The first-order valence-corrected chi connectivity index (χ1v) is 4.57.